The van der Waals surface area contributed by atoms with E-state index in [2.05, 4.69) is 22.1 Å². The van der Waals surface area contributed by atoms with Crippen molar-refractivity contribution in [2.75, 3.05) is 46.5 Å². The molecule has 1 aromatic heterocycles. The number of aromatic nitrogens is 1. The van der Waals surface area contributed by atoms with Gasteiger partial charge in [-0.3, -0.25) is 9.88 Å². The monoisotopic (exact) mass is 323 g/mol. The van der Waals surface area contributed by atoms with Gasteiger partial charge in [0.1, 0.15) is 4.99 Å². The first-order chi connectivity index (χ1) is 10.7. The number of rotatable bonds is 7. The second-order valence-electron chi connectivity index (χ2n) is 5.39. The minimum absolute atomic E-state index is 0.680. The molecule has 2 heterocycles. The van der Waals surface area contributed by atoms with Gasteiger partial charge in [-0.25, -0.2) is 0 Å². The summed E-state index contributed by atoms with van der Waals surface area (Å²) >= 11 is 5.67. The van der Waals surface area contributed by atoms with Crippen molar-refractivity contribution in [3.63, 3.8) is 0 Å². The van der Waals surface area contributed by atoms with Gasteiger partial charge in [0.15, 0.2) is 5.60 Å². The lowest BCUT2D eigenvalue weighted by Gasteiger charge is -2.38. The molecule has 0 radical (unpaired) electrons. The van der Waals surface area contributed by atoms with Crippen molar-refractivity contribution >= 4 is 17.2 Å². The zero-order chi connectivity index (χ0) is 15.8. The number of morpholine rings is 1. The first-order valence-electron chi connectivity index (χ1n) is 7.78. The van der Waals surface area contributed by atoms with Crippen LogP contribution in [0, 0.1) is 0 Å². The molecule has 0 spiro atoms. The van der Waals surface area contributed by atoms with Gasteiger partial charge in [-0.1, -0.05) is 25.2 Å². The molecule has 1 fully saturated rings. The average molecular weight is 323 g/mol. The maximum absolute atomic E-state index is 5.94. The second kappa shape index (κ2) is 8.53. The van der Waals surface area contributed by atoms with Gasteiger partial charge in [0.2, 0.25) is 0 Å². The standard InChI is InChI=1S/C16H25N3O2S/c1-3-7-18-15(22)16(20-2,14-6-4-5-8-17-14)13-19-9-11-21-12-10-19/h4-6,8H,3,7,9-13H2,1-2H3,(H,18,22). The minimum Gasteiger partial charge on any atom is -0.379 e. The third-order valence-electron chi connectivity index (χ3n) is 3.88. The Labute approximate surface area is 138 Å². The largest absolute Gasteiger partial charge is 0.379 e. The van der Waals surface area contributed by atoms with E-state index in [1.165, 1.54) is 0 Å². The summed E-state index contributed by atoms with van der Waals surface area (Å²) in [4.78, 5) is 7.52. The molecule has 1 atom stereocenters. The van der Waals surface area contributed by atoms with Gasteiger partial charge >= 0.3 is 0 Å². The maximum atomic E-state index is 5.94. The van der Waals surface area contributed by atoms with Crippen LogP contribution in [0.25, 0.3) is 0 Å². The lowest BCUT2D eigenvalue weighted by molar-refractivity contribution is -0.0254. The summed E-state index contributed by atoms with van der Waals surface area (Å²) in [6.07, 6.45) is 2.80. The van der Waals surface area contributed by atoms with Crippen molar-refractivity contribution in [2.45, 2.75) is 18.9 Å². The molecule has 1 aromatic rings. The Balaban J connectivity index is 2.26. The van der Waals surface area contributed by atoms with E-state index < -0.39 is 5.60 Å². The number of hydrogen-bond acceptors (Lipinski definition) is 5. The lowest BCUT2D eigenvalue weighted by atomic mass is 9.96. The van der Waals surface area contributed by atoms with Crippen LogP contribution in [0.1, 0.15) is 19.0 Å². The first kappa shape index (κ1) is 17.3. The van der Waals surface area contributed by atoms with Gasteiger partial charge in [0.05, 0.1) is 18.9 Å². The van der Waals surface area contributed by atoms with E-state index in [0.29, 0.717) is 11.5 Å². The number of nitrogens with one attached hydrogen (secondary N) is 1. The van der Waals surface area contributed by atoms with Crippen molar-refractivity contribution in [3.05, 3.63) is 30.1 Å². The van der Waals surface area contributed by atoms with Gasteiger partial charge < -0.3 is 14.8 Å². The third kappa shape index (κ3) is 4.01. The molecule has 1 aliphatic heterocycles. The highest BCUT2D eigenvalue weighted by Gasteiger charge is 2.40. The number of hydrogen-bond donors (Lipinski definition) is 1. The Morgan fingerprint density at radius 1 is 1.45 bits per heavy atom. The number of nitrogens with zero attached hydrogens (tertiary/aromatic N) is 2. The molecule has 5 nitrogen and oxygen atoms in total. The number of pyridine rings is 1. The van der Waals surface area contributed by atoms with Crippen LogP contribution < -0.4 is 5.32 Å². The number of methoxy groups -OCH3 is 1. The third-order valence-corrected chi connectivity index (χ3v) is 4.35. The van der Waals surface area contributed by atoms with Crippen LogP contribution in [0.5, 0.6) is 0 Å². The van der Waals surface area contributed by atoms with Crippen molar-refractivity contribution in [1.29, 1.82) is 0 Å². The summed E-state index contributed by atoms with van der Waals surface area (Å²) < 4.78 is 11.4. The predicted octanol–water partition coefficient (Wildman–Crippen LogP) is 1.58. The Morgan fingerprint density at radius 2 is 2.23 bits per heavy atom. The SMILES string of the molecule is CCCNC(=S)C(CN1CCOCC1)(OC)c1ccccn1. The quantitative estimate of drug-likeness (QED) is 0.769. The van der Waals surface area contributed by atoms with E-state index in [4.69, 9.17) is 21.7 Å². The summed E-state index contributed by atoms with van der Waals surface area (Å²) in [5.74, 6) is 0. The predicted molar refractivity (Wildman–Crippen MR) is 91.1 cm³/mol. The second-order valence-corrected chi connectivity index (χ2v) is 5.80. The van der Waals surface area contributed by atoms with E-state index in [0.717, 1.165) is 45.0 Å². The lowest BCUT2D eigenvalue weighted by Crippen LogP contribution is -2.54. The highest BCUT2D eigenvalue weighted by atomic mass is 32.1. The van der Waals surface area contributed by atoms with E-state index in [9.17, 15) is 0 Å². The molecule has 1 unspecified atom stereocenters. The normalized spacial score (nSPS) is 18.6. The fourth-order valence-electron chi connectivity index (χ4n) is 2.59. The minimum atomic E-state index is -0.719. The Bertz CT molecular complexity index is 466. The fourth-order valence-corrected chi connectivity index (χ4v) is 2.94. The topological polar surface area (TPSA) is 46.6 Å². The molecule has 0 aliphatic carbocycles. The van der Waals surface area contributed by atoms with Crippen LogP contribution in [-0.2, 0) is 15.1 Å². The van der Waals surface area contributed by atoms with Crippen molar-refractivity contribution in [3.8, 4) is 0 Å². The van der Waals surface area contributed by atoms with Gasteiger partial charge in [0, 0.05) is 39.5 Å². The summed E-state index contributed by atoms with van der Waals surface area (Å²) in [6.45, 7) is 6.89. The summed E-state index contributed by atoms with van der Waals surface area (Å²) in [5.41, 5.74) is 0.126. The molecule has 22 heavy (non-hydrogen) atoms. The van der Waals surface area contributed by atoms with E-state index in [-0.39, 0.29) is 0 Å². The number of thiocarbonyl (C=S) groups is 1. The molecule has 1 aliphatic rings. The van der Waals surface area contributed by atoms with Crippen molar-refractivity contribution in [2.24, 2.45) is 0 Å². The fraction of sp³-hybridized carbons (Fsp3) is 0.625. The average Bonchev–Trinajstić information content (AvgIpc) is 2.59. The van der Waals surface area contributed by atoms with Gasteiger partial charge in [-0.2, -0.15) is 0 Å². The zero-order valence-corrected chi connectivity index (χ0v) is 14.2. The van der Waals surface area contributed by atoms with Crippen LogP contribution in [-0.4, -0.2) is 61.4 Å². The highest BCUT2D eigenvalue weighted by molar-refractivity contribution is 7.80. The van der Waals surface area contributed by atoms with E-state index >= 15 is 0 Å². The van der Waals surface area contributed by atoms with Crippen LogP contribution in [0.3, 0.4) is 0 Å². The molecule has 2 rings (SSSR count). The molecule has 0 saturated carbocycles. The Morgan fingerprint density at radius 3 is 2.82 bits per heavy atom. The summed E-state index contributed by atoms with van der Waals surface area (Å²) in [6, 6.07) is 5.85. The molecule has 6 heteroatoms. The van der Waals surface area contributed by atoms with E-state index in [1.807, 2.05) is 18.2 Å². The molecule has 122 valence electrons. The molecule has 0 bridgehead atoms. The van der Waals surface area contributed by atoms with Crippen LogP contribution in [0.2, 0.25) is 0 Å². The highest BCUT2D eigenvalue weighted by Crippen LogP contribution is 2.26. The van der Waals surface area contributed by atoms with Crippen LogP contribution in [0.4, 0.5) is 0 Å². The van der Waals surface area contributed by atoms with Crippen LogP contribution >= 0.6 is 12.2 Å². The van der Waals surface area contributed by atoms with Crippen molar-refractivity contribution < 1.29 is 9.47 Å². The van der Waals surface area contributed by atoms with Gasteiger partial charge in [0.25, 0.3) is 0 Å². The molecular formula is C16H25N3O2S. The zero-order valence-electron chi connectivity index (χ0n) is 13.4. The molecule has 0 amide bonds. The van der Waals surface area contributed by atoms with Gasteiger partial charge in [-0.05, 0) is 18.6 Å². The van der Waals surface area contributed by atoms with Crippen LogP contribution in [0.15, 0.2) is 24.4 Å². The first-order valence-corrected chi connectivity index (χ1v) is 8.19. The molecular weight excluding hydrogens is 298 g/mol. The summed E-state index contributed by atoms with van der Waals surface area (Å²) in [5, 5.41) is 3.32. The summed E-state index contributed by atoms with van der Waals surface area (Å²) in [7, 11) is 1.70. The van der Waals surface area contributed by atoms with Crippen molar-refractivity contribution in [1.82, 2.24) is 15.2 Å². The van der Waals surface area contributed by atoms with Gasteiger partial charge in [-0.15, -0.1) is 0 Å². The smallest absolute Gasteiger partial charge is 0.172 e. The Hall–Kier alpha value is -1.08. The number of ether oxygens (including phenoxy) is 2. The maximum Gasteiger partial charge on any atom is 0.172 e. The molecule has 0 aromatic carbocycles. The van der Waals surface area contributed by atoms with E-state index in [1.54, 1.807) is 13.3 Å². The molecule has 1 N–H and O–H groups in total. The molecule has 1 saturated heterocycles. The Kier molecular flexibility index (Phi) is 6.70.